The van der Waals surface area contributed by atoms with Crippen molar-refractivity contribution in [3.8, 4) is 0 Å². The summed E-state index contributed by atoms with van der Waals surface area (Å²) in [5.74, 6) is 0. The SMILES string of the molecule is [O]=[Sn]([O]CCc1ccccc1)[C](F)(F)CCC(F)(F)F. The average Bonchev–Trinajstić information content (AvgIpc) is 2.37. The Bertz CT molecular complexity index is 433. The topological polar surface area (TPSA) is 26.3 Å². The molecule has 20 heavy (non-hydrogen) atoms. The first-order chi connectivity index (χ1) is 9.21. The molecular formula is C12H13F5O2Sn. The summed E-state index contributed by atoms with van der Waals surface area (Å²) in [7, 11) is 0. The van der Waals surface area contributed by atoms with Crippen LogP contribution in [-0.2, 0) is 12.6 Å². The van der Waals surface area contributed by atoms with Crippen LogP contribution < -0.4 is 0 Å². The van der Waals surface area contributed by atoms with Crippen molar-refractivity contribution in [3.05, 3.63) is 35.9 Å². The van der Waals surface area contributed by atoms with Crippen LogP contribution in [0.25, 0.3) is 0 Å². The van der Waals surface area contributed by atoms with E-state index >= 15 is 0 Å². The fraction of sp³-hybridized carbons (Fsp3) is 0.500. The third kappa shape index (κ3) is 6.73. The molecule has 8 heteroatoms. The van der Waals surface area contributed by atoms with Gasteiger partial charge in [0, 0.05) is 0 Å². The van der Waals surface area contributed by atoms with Gasteiger partial charge in [-0.15, -0.1) is 0 Å². The third-order valence-corrected chi connectivity index (χ3v) is 6.24. The van der Waals surface area contributed by atoms with Gasteiger partial charge in [0.05, 0.1) is 0 Å². The number of hydrogen-bond donors (Lipinski definition) is 0. The van der Waals surface area contributed by atoms with E-state index in [9.17, 15) is 25.0 Å². The summed E-state index contributed by atoms with van der Waals surface area (Å²) < 4.78 is 74.1. The van der Waals surface area contributed by atoms with Gasteiger partial charge >= 0.3 is 120 Å². The molecule has 0 spiro atoms. The van der Waals surface area contributed by atoms with Crippen molar-refractivity contribution in [2.24, 2.45) is 0 Å². The van der Waals surface area contributed by atoms with E-state index in [2.05, 4.69) is 3.07 Å². The molecule has 0 radical (unpaired) electrons. The zero-order valence-corrected chi connectivity index (χ0v) is 13.3. The van der Waals surface area contributed by atoms with Gasteiger partial charge in [0.1, 0.15) is 0 Å². The first-order valence-corrected chi connectivity index (χ1v) is 9.62. The van der Waals surface area contributed by atoms with Gasteiger partial charge in [-0.3, -0.25) is 0 Å². The second-order valence-corrected chi connectivity index (χ2v) is 8.74. The molecule has 0 aliphatic heterocycles. The van der Waals surface area contributed by atoms with E-state index in [1.165, 1.54) is 0 Å². The van der Waals surface area contributed by atoms with Gasteiger partial charge in [0.15, 0.2) is 0 Å². The molecule has 0 saturated carbocycles. The third-order valence-electron chi connectivity index (χ3n) is 2.49. The number of rotatable bonds is 7. The molecule has 0 aromatic heterocycles. The van der Waals surface area contributed by atoms with Crippen molar-refractivity contribution >= 4 is 20.2 Å². The Morgan fingerprint density at radius 2 is 1.60 bits per heavy atom. The molecule has 2 nitrogen and oxygen atoms in total. The molecule has 1 aromatic carbocycles. The summed E-state index contributed by atoms with van der Waals surface area (Å²) in [4.78, 5) is 0. The summed E-state index contributed by atoms with van der Waals surface area (Å²) >= 11 is -4.82. The van der Waals surface area contributed by atoms with E-state index in [0.717, 1.165) is 5.56 Å². The van der Waals surface area contributed by atoms with Crippen LogP contribution in [0.2, 0.25) is 0 Å². The predicted octanol–water partition coefficient (Wildman–Crippen LogP) is 3.68. The van der Waals surface area contributed by atoms with Gasteiger partial charge in [-0.2, -0.15) is 0 Å². The molecule has 0 fully saturated rings. The molecule has 0 amide bonds. The Labute approximate surface area is 120 Å². The second-order valence-electron chi connectivity index (χ2n) is 4.19. The van der Waals surface area contributed by atoms with Gasteiger partial charge in [-0.1, -0.05) is 0 Å². The first kappa shape index (κ1) is 17.5. The fourth-order valence-corrected chi connectivity index (χ4v) is 3.78. The standard InChI is InChI=1S/C8H9O.C4H4F5.O.Sn/c9-7-6-8-4-2-1-3-5-8;5-3(6)1-2-4(7,8)9;;/h1-5H,6-7H2;1-2H2;;/q-1;;;+1. The maximum atomic E-state index is 13.2. The minimum atomic E-state index is -4.82. The second kappa shape index (κ2) is 7.44. The van der Waals surface area contributed by atoms with Crippen molar-refractivity contribution in [3.63, 3.8) is 0 Å². The Morgan fingerprint density at radius 1 is 1.00 bits per heavy atom. The number of halogens is 5. The molecule has 0 unspecified atom stereocenters. The van der Waals surface area contributed by atoms with Gasteiger partial charge in [-0.05, 0) is 0 Å². The normalized spacial score (nSPS) is 12.4. The van der Waals surface area contributed by atoms with Crippen LogP contribution in [0.15, 0.2) is 30.3 Å². The molecule has 0 N–H and O–H groups in total. The number of benzene rings is 1. The van der Waals surface area contributed by atoms with Gasteiger partial charge in [0.2, 0.25) is 0 Å². The van der Waals surface area contributed by atoms with Crippen molar-refractivity contribution in [2.75, 3.05) is 6.61 Å². The Morgan fingerprint density at radius 3 is 2.15 bits per heavy atom. The monoisotopic (exact) mass is 404 g/mol. The van der Waals surface area contributed by atoms with Crippen LogP contribution in [0.3, 0.4) is 0 Å². The van der Waals surface area contributed by atoms with Crippen molar-refractivity contribution in [1.29, 1.82) is 0 Å². The molecule has 1 aromatic rings. The van der Waals surface area contributed by atoms with Crippen LogP contribution in [-0.4, -0.2) is 36.9 Å². The van der Waals surface area contributed by atoms with Crippen LogP contribution in [0.4, 0.5) is 22.0 Å². The summed E-state index contributed by atoms with van der Waals surface area (Å²) in [6.45, 7) is -0.177. The van der Waals surface area contributed by atoms with Crippen molar-refractivity contribution < 1.29 is 28.1 Å². The molecule has 0 heterocycles. The molecule has 0 aliphatic carbocycles. The summed E-state index contributed by atoms with van der Waals surface area (Å²) in [6, 6.07) is 8.79. The van der Waals surface area contributed by atoms with Crippen LogP contribution in [0.1, 0.15) is 18.4 Å². The quantitative estimate of drug-likeness (QED) is 0.513. The van der Waals surface area contributed by atoms with Gasteiger partial charge in [-0.25, -0.2) is 0 Å². The van der Waals surface area contributed by atoms with E-state index in [-0.39, 0.29) is 6.61 Å². The molecular weight excluding hydrogens is 390 g/mol. The predicted molar refractivity (Wildman–Crippen MR) is 62.8 cm³/mol. The van der Waals surface area contributed by atoms with E-state index in [1.54, 1.807) is 30.3 Å². The van der Waals surface area contributed by atoms with E-state index in [1.807, 2.05) is 0 Å². The van der Waals surface area contributed by atoms with Crippen molar-refractivity contribution in [1.82, 2.24) is 0 Å². The van der Waals surface area contributed by atoms with E-state index in [4.69, 9.17) is 0 Å². The first-order valence-electron chi connectivity index (χ1n) is 5.86. The molecule has 1 rings (SSSR count). The summed E-state index contributed by atoms with van der Waals surface area (Å²) in [5.41, 5.74) is 0.822. The van der Waals surface area contributed by atoms with E-state index < -0.39 is 43.1 Å². The molecule has 0 aliphatic rings. The zero-order valence-electron chi connectivity index (χ0n) is 10.4. The fourth-order valence-electron chi connectivity index (χ4n) is 1.41. The molecule has 0 bridgehead atoms. The molecule has 112 valence electrons. The Kier molecular flexibility index (Phi) is 6.50. The van der Waals surface area contributed by atoms with Gasteiger partial charge in [0.25, 0.3) is 0 Å². The minimum absolute atomic E-state index is 0.177. The van der Waals surface area contributed by atoms with Gasteiger partial charge < -0.3 is 0 Å². The maximum absolute atomic E-state index is 13.2. The van der Waals surface area contributed by atoms with Crippen LogP contribution in [0.5, 0.6) is 0 Å². The van der Waals surface area contributed by atoms with E-state index in [0.29, 0.717) is 6.42 Å². The average molecular weight is 403 g/mol. The molecule has 0 atom stereocenters. The Hall–Kier alpha value is -0.571. The van der Waals surface area contributed by atoms with Crippen LogP contribution in [0, 0.1) is 0 Å². The summed E-state index contributed by atoms with van der Waals surface area (Å²) in [5, 5.41) is 0. The molecule has 0 saturated heterocycles. The Balaban J connectivity index is 2.37. The zero-order chi connectivity index (χ0) is 15.2. The van der Waals surface area contributed by atoms with Crippen molar-refractivity contribution in [2.45, 2.75) is 29.4 Å². The van der Waals surface area contributed by atoms with Crippen LogP contribution >= 0.6 is 0 Å². The number of alkyl halides is 5. The number of hydrogen-bond acceptors (Lipinski definition) is 2. The summed E-state index contributed by atoms with van der Waals surface area (Å²) in [6.07, 6.45) is -7.52.